The average Bonchev–Trinajstić information content (AvgIpc) is 3.12. The largest absolute Gasteiger partial charge is 0.408 e. The Labute approximate surface area is 214 Å². The molecule has 0 radical (unpaired) electrons. The number of aryl methyl sites for hydroxylation is 1. The molecule has 1 fully saturated rings. The highest BCUT2D eigenvalue weighted by Crippen LogP contribution is 2.35. The first-order valence-electron chi connectivity index (χ1n) is 11.3. The van der Waals surface area contributed by atoms with Gasteiger partial charge in [-0.05, 0) is 43.7 Å². The topological polar surface area (TPSA) is 62.2 Å². The minimum atomic E-state index is -4.58. The molecule has 1 aliphatic heterocycles. The smallest absolute Gasteiger partial charge is 0.346 e. The summed E-state index contributed by atoms with van der Waals surface area (Å²) >= 11 is 7.46. The number of benzene rings is 2. The van der Waals surface area contributed by atoms with E-state index in [4.69, 9.17) is 11.6 Å². The van der Waals surface area contributed by atoms with Gasteiger partial charge < -0.3 is 9.80 Å². The predicted molar refractivity (Wildman–Crippen MR) is 135 cm³/mol. The number of carbonyl (C=O) groups excluding carboxylic acids is 1. The maximum atomic E-state index is 14.2. The number of anilines is 1. The third-order valence-electron chi connectivity index (χ3n) is 6.12. The standard InChI is InChI=1S/C25H21ClF3N5OS/c1-15-3-5-17(22-30-8-2-9-31-22)18(13-15)23(35)34-12-11-33(10-7-21(34)25(27,28)29)24-32-19-14-16(26)4-6-20(19)36-24/h2-6,8-9,13-14,21H,7,10-12H2,1H3. The van der Waals surface area contributed by atoms with Crippen LogP contribution in [0.3, 0.4) is 0 Å². The number of amides is 1. The lowest BCUT2D eigenvalue weighted by molar-refractivity contribution is -0.176. The van der Waals surface area contributed by atoms with Crippen LogP contribution in [0.5, 0.6) is 0 Å². The number of alkyl halides is 3. The molecule has 1 aliphatic rings. The van der Waals surface area contributed by atoms with Crippen molar-refractivity contribution in [1.29, 1.82) is 0 Å². The average molecular weight is 532 g/mol. The summed E-state index contributed by atoms with van der Waals surface area (Å²) in [4.78, 5) is 29.4. The molecule has 0 spiro atoms. The molecule has 4 aromatic rings. The molecule has 0 bridgehead atoms. The van der Waals surface area contributed by atoms with E-state index in [1.807, 2.05) is 11.0 Å². The summed E-state index contributed by atoms with van der Waals surface area (Å²) in [5, 5.41) is 1.15. The van der Waals surface area contributed by atoms with E-state index < -0.39 is 18.1 Å². The van der Waals surface area contributed by atoms with Gasteiger partial charge in [0.2, 0.25) is 0 Å². The fraction of sp³-hybridized carbons (Fsp3) is 0.280. The van der Waals surface area contributed by atoms with E-state index in [9.17, 15) is 18.0 Å². The van der Waals surface area contributed by atoms with E-state index in [1.54, 1.807) is 43.3 Å². The Bertz CT molecular complexity index is 1410. The zero-order chi connectivity index (χ0) is 25.4. The molecule has 2 aromatic carbocycles. The molecule has 1 unspecified atom stereocenters. The molecule has 0 aliphatic carbocycles. The van der Waals surface area contributed by atoms with Gasteiger partial charge in [-0.2, -0.15) is 13.2 Å². The van der Waals surface area contributed by atoms with E-state index in [0.29, 0.717) is 21.2 Å². The van der Waals surface area contributed by atoms with Gasteiger partial charge in [0.25, 0.3) is 5.91 Å². The first kappa shape index (κ1) is 24.5. The van der Waals surface area contributed by atoms with Crippen LogP contribution in [0, 0.1) is 6.92 Å². The highest BCUT2D eigenvalue weighted by Gasteiger charge is 2.47. The maximum Gasteiger partial charge on any atom is 0.408 e. The normalized spacial score (nSPS) is 16.9. The molecule has 0 saturated carbocycles. The summed E-state index contributed by atoms with van der Waals surface area (Å²) in [5.74, 6) is -0.407. The third-order valence-corrected chi connectivity index (χ3v) is 7.45. The molecule has 186 valence electrons. The highest BCUT2D eigenvalue weighted by molar-refractivity contribution is 7.22. The van der Waals surface area contributed by atoms with Crippen LogP contribution in [0.1, 0.15) is 22.3 Å². The van der Waals surface area contributed by atoms with Crippen LogP contribution in [-0.2, 0) is 0 Å². The number of rotatable bonds is 3. The second kappa shape index (κ2) is 9.67. The quantitative estimate of drug-likeness (QED) is 0.324. The number of carbonyl (C=O) groups is 1. The van der Waals surface area contributed by atoms with E-state index >= 15 is 0 Å². The Morgan fingerprint density at radius 3 is 2.61 bits per heavy atom. The Balaban J connectivity index is 1.49. The molecular weight excluding hydrogens is 511 g/mol. The van der Waals surface area contributed by atoms with Gasteiger partial charge in [0.05, 0.1) is 15.8 Å². The van der Waals surface area contributed by atoms with Crippen molar-refractivity contribution in [2.24, 2.45) is 0 Å². The molecule has 2 aromatic heterocycles. The van der Waals surface area contributed by atoms with Gasteiger partial charge in [-0.1, -0.05) is 40.6 Å². The second-order valence-corrected chi connectivity index (χ2v) is 10.0. The number of hydrogen-bond donors (Lipinski definition) is 0. The van der Waals surface area contributed by atoms with E-state index in [1.165, 1.54) is 23.7 Å². The summed E-state index contributed by atoms with van der Waals surface area (Å²) in [5.41, 5.74) is 2.00. The van der Waals surface area contributed by atoms with Gasteiger partial charge in [0, 0.05) is 42.6 Å². The molecule has 5 rings (SSSR count). The van der Waals surface area contributed by atoms with Crippen molar-refractivity contribution in [1.82, 2.24) is 19.9 Å². The van der Waals surface area contributed by atoms with Crippen molar-refractivity contribution in [3.8, 4) is 11.4 Å². The number of nitrogens with zero attached hydrogens (tertiary/aromatic N) is 5. The van der Waals surface area contributed by atoms with Crippen LogP contribution in [0.2, 0.25) is 5.02 Å². The summed E-state index contributed by atoms with van der Waals surface area (Å²) in [6.07, 6.45) is -1.79. The van der Waals surface area contributed by atoms with Crippen molar-refractivity contribution in [2.45, 2.75) is 25.6 Å². The molecule has 1 atom stereocenters. The summed E-state index contributed by atoms with van der Waals surface area (Å²) in [6, 6.07) is 10.1. The number of fused-ring (bicyclic) bond motifs is 1. The lowest BCUT2D eigenvalue weighted by Crippen LogP contribution is -2.49. The van der Waals surface area contributed by atoms with Crippen molar-refractivity contribution >= 4 is 44.2 Å². The Hall–Kier alpha value is -3.24. The lowest BCUT2D eigenvalue weighted by atomic mass is 10.0. The van der Waals surface area contributed by atoms with E-state index in [0.717, 1.165) is 15.2 Å². The van der Waals surface area contributed by atoms with Crippen LogP contribution >= 0.6 is 22.9 Å². The Kier molecular flexibility index (Phi) is 6.57. The molecular formula is C25H21ClF3N5OS. The summed E-state index contributed by atoms with van der Waals surface area (Å²) in [7, 11) is 0. The molecule has 0 N–H and O–H groups in total. The first-order valence-corrected chi connectivity index (χ1v) is 12.5. The van der Waals surface area contributed by atoms with Crippen LogP contribution in [0.4, 0.5) is 18.3 Å². The fourth-order valence-electron chi connectivity index (χ4n) is 4.35. The zero-order valence-electron chi connectivity index (χ0n) is 19.2. The van der Waals surface area contributed by atoms with E-state index in [-0.39, 0.29) is 37.4 Å². The summed E-state index contributed by atoms with van der Waals surface area (Å²) < 4.78 is 43.6. The number of halogens is 4. The minimum Gasteiger partial charge on any atom is -0.346 e. The van der Waals surface area contributed by atoms with Gasteiger partial charge in [-0.3, -0.25) is 4.79 Å². The number of hydrogen-bond acceptors (Lipinski definition) is 6. The van der Waals surface area contributed by atoms with Crippen molar-refractivity contribution < 1.29 is 18.0 Å². The minimum absolute atomic E-state index is 0.108. The third kappa shape index (κ3) is 4.87. The Morgan fingerprint density at radius 1 is 1.08 bits per heavy atom. The van der Waals surface area contributed by atoms with Gasteiger partial charge >= 0.3 is 6.18 Å². The number of thiazole rings is 1. The fourth-order valence-corrected chi connectivity index (χ4v) is 5.52. The maximum absolute atomic E-state index is 14.2. The van der Waals surface area contributed by atoms with Crippen LogP contribution in [0.25, 0.3) is 21.6 Å². The van der Waals surface area contributed by atoms with E-state index in [2.05, 4.69) is 15.0 Å². The molecule has 1 saturated heterocycles. The number of aromatic nitrogens is 3. The molecule has 3 heterocycles. The molecule has 6 nitrogen and oxygen atoms in total. The van der Waals surface area contributed by atoms with Crippen LogP contribution < -0.4 is 4.90 Å². The predicted octanol–water partition coefficient (Wildman–Crippen LogP) is 6.00. The Morgan fingerprint density at radius 2 is 1.86 bits per heavy atom. The van der Waals surface area contributed by atoms with Gasteiger partial charge in [-0.25, -0.2) is 15.0 Å². The SMILES string of the molecule is Cc1ccc(-c2ncccn2)c(C(=O)N2CCN(c3nc4cc(Cl)ccc4s3)CCC2C(F)(F)F)c1. The van der Waals surface area contributed by atoms with Crippen molar-refractivity contribution in [3.63, 3.8) is 0 Å². The molecule has 36 heavy (non-hydrogen) atoms. The van der Waals surface area contributed by atoms with Crippen LogP contribution in [-0.4, -0.2) is 57.6 Å². The van der Waals surface area contributed by atoms with Gasteiger partial charge in [0.15, 0.2) is 11.0 Å². The first-order chi connectivity index (χ1) is 17.2. The lowest BCUT2D eigenvalue weighted by Gasteiger charge is -2.31. The zero-order valence-corrected chi connectivity index (χ0v) is 20.7. The molecule has 1 amide bonds. The molecule has 11 heteroatoms. The highest BCUT2D eigenvalue weighted by atomic mass is 35.5. The van der Waals surface area contributed by atoms with Crippen molar-refractivity contribution in [2.75, 3.05) is 24.5 Å². The van der Waals surface area contributed by atoms with Crippen LogP contribution in [0.15, 0.2) is 54.9 Å². The summed E-state index contributed by atoms with van der Waals surface area (Å²) in [6.45, 7) is 2.01. The monoisotopic (exact) mass is 531 g/mol. The van der Waals surface area contributed by atoms with Crippen molar-refractivity contribution in [3.05, 3.63) is 71.0 Å². The second-order valence-electron chi connectivity index (χ2n) is 8.56. The van der Waals surface area contributed by atoms with Gasteiger partial charge in [0.1, 0.15) is 6.04 Å². The van der Waals surface area contributed by atoms with Gasteiger partial charge in [-0.15, -0.1) is 0 Å².